The third kappa shape index (κ3) is 2.83. The van der Waals surface area contributed by atoms with Crippen molar-refractivity contribution in [3.05, 3.63) is 35.1 Å². The van der Waals surface area contributed by atoms with Crippen LogP contribution in [0.2, 0.25) is 0 Å². The Morgan fingerprint density at radius 1 is 1.53 bits per heavy atom. The van der Waals surface area contributed by atoms with Gasteiger partial charge in [-0.15, -0.1) is 11.3 Å². The maximum atomic E-state index is 4.33. The van der Waals surface area contributed by atoms with Gasteiger partial charge < -0.3 is 10.3 Å². The van der Waals surface area contributed by atoms with Crippen LogP contribution in [0.15, 0.2) is 24.7 Å². The van der Waals surface area contributed by atoms with Crippen molar-refractivity contribution >= 4 is 16.5 Å². The summed E-state index contributed by atoms with van der Waals surface area (Å²) in [5.74, 6) is 0. The van der Waals surface area contributed by atoms with Crippen molar-refractivity contribution in [2.24, 2.45) is 0 Å². The highest BCUT2D eigenvalue weighted by molar-refractivity contribution is 7.15. The Balaban J connectivity index is 1.88. The fraction of sp³-hybridized carbons (Fsp3) is 0.364. The van der Waals surface area contributed by atoms with Gasteiger partial charge >= 0.3 is 0 Å². The van der Waals surface area contributed by atoms with Crippen LogP contribution in [0.1, 0.15) is 23.8 Å². The first-order valence-electron chi connectivity index (χ1n) is 5.18. The monoisotopic (exact) mass is 221 g/mol. The van der Waals surface area contributed by atoms with Crippen molar-refractivity contribution in [3.63, 3.8) is 0 Å². The summed E-state index contributed by atoms with van der Waals surface area (Å²) >= 11 is 1.75. The van der Waals surface area contributed by atoms with E-state index < -0.39 is 0 Å². The Labute approximate surface area is 93.6 Å². The fourth-order valence-corrected chi connectivity index (χ4v) is 2.31. The van der Waals surface area contributed by atoms with Crippen LogP contribution in [-0.2, 0) is 13.0 Å². The molecule has 2 N–H and O–H groups in total. The Morgan fingerprint density at radius 3 is 3.20 bits per heavy atom. The summed E-state index contributed by atoms with van der Waals surface area (Å²) in [6, 6.07) is 2.06. The molecule has 0 aliphatic rings. The SMILES string of the molecule is CCCc1cnc(NCc2cc[nH]c2)s1. The first-order chi connectivity index (χ1) is 7.38. The van der Waals surface area contributed by atoms with Gasteiger partial charge in [0.2, 0.25) is 0 Å². The fourth-order valence-electron chi connectivity index (χ4n) is 1.40. The molecule has 2 rings (SSSR count). The van der Waals surface area contributed by atoms with Crippen LogP contribution >= 0.6 is 11.3 Å². The highest BCUT2D eigenvalue weighted by Gasteiger charge is 2.00. The van der Waals surface area contributed by atoms with E-state index in [4.69, 9.17) is 0 Å². The molecule has 0 aliphatic carbocycles. The predicted octanol–water partition coefficient (Wildman–Crippen LogP) is 3.04. The molecule has 0 unspecified atom stereocenters. The van der Waals surface area contributed by atoms with E-state index >= 15 is 0 Å². The van der Waals surface area contributed by atoms with Crippen LogP contribution in [-0.4, -0.2) is 9.97 Å². The lowest BCUT2D eigenvalue weighted by molar-refractivity contribution is 0.936. The van der Waals surface area contributed by atoms with E-state index in [1.807, 2.05) is 18.6 Å². The van der Waals surface area contributed by atoms with Gasteiger partial charge in [0.15, 0.2) is 5.13 Å². The van der Waals surface area contributed by atoms with E-state index in [1.54, 1.807) is 11.3 Å². The number of nitrogens with one attached hydrogen (secondary N) is 2. The topological polar surface area (TPSA) is 40.7 Å². The average Bonchev–Trinajstić information content (AvgIpc) is 2.85. The zero-order valence-corrected chi connectivity index (χ0v) is 9.60. The van der Waals surface area contributed by atoms with Crippen LogP contribution in [0.5, 0.6) is 0 Å². The van der Waals surface area contributed by atoms with Crippen LogP contribution < -0.4 is 5.32 Å². The second-order valence-corrected chi connectivity index (χ2v) is 4.57. The lowest BCUT2D eigenvalue weighted by atomic mass is 10.3. The number of H-pyrrole nitrogens is 1. The lowest BCUT2D eigenvalue weighted by Gasteiger charge is -1.98. The van der Waals surface area contributed by atoms with E-state index in [9.17, 15) is 0 Å². The third-order valence-electron chi connectivity index (χ3n) is 2.16. The molecule has 15 heavy (non-hydrogen) atoms. The summed E-state index contributed by atoms with van der Waals surface area (Å²) in [4.78, 5) is 8.72. The van der Waals surface area contributed by atoms with Gasteiger partial charge in [0.1, 0.15) is 0 Å². The minimum Gasteiger partial charge on any atom is -0.367 e. The number of aromatic nitrogens is 2. The van der Waals surface area contributed by atoms with Crippen molar-refractivity contribution < 1.29 is 0 Å². The molecule has 0 fully saturated rings. The van der Waals surface area contributed by atoms with Gasteiger partial charge in [0.25, 0.3) is 0 Å². The largest absolute Gasteiger partial charge is 0.367 e. The molecule has 2 heterocycles. The summed E-state index contributed by atoms with van der Waals surface area (Å²) in [5.41, 5.74) is 1.25. The number of hydrogen-bond donors (Lipinski definition) is 2. The van der Waals surface area contributed by atoms with Gasteiger partial charge in [-0.3, -0.25) is 0 Å². The molecule has 0 aromatic carbocycles. The molecule has 2 aromatic heterocycles. The summed E-state index contributed by atoms with van der Waals surface area (Å²) in [6.07, 6.45) is 8.20. The zero-order chi connectivity index (χ0) is 10.5. The van der Waals surface area contributed by atoms with Gasteiger partial charge in [-0.1, -0.05) is 13.3 Å². The number of anilines is 1. The molecule has 0 saturated carbocycles. The normalized spacial score (nSPS) is 10.5. The first kappa shape index (κ1) is 10.2. The maximum absolute atomic E-state index is 4.33. The second kappa shape index (κ2) is 4.98. The van der Waals surface area contributed by atoms with Gasteiger partial charge in [0, 0.05) is 30.0 Å². The molecule has 0 saturated heterocycles. The molecule has 0 spiro atoms. The van der Waals surface area contributed by atoms with E-state index in [2.05, 4.69) is 28.3 Å². The summed E-state index contributed by atoms with van der Waals surface area (Å²) < 4.78 is 0. The van der Waals surface area contributed by atoms with Gasteiger partial charge in [-0.25, -0.2) is 4.98 Å². The molecule has 80 valence electrons. The minimum absolute atomic E-state index is 0.836. The van der Waals surface area contributed by atoms with Crippen LogP contribution in [0.3, 0.4) is 0 Å². The van der Waals surface area contributed by atoms with Crippen LogP contribution in [0.25, 0.3) is 0 Å². The Morgan fingerprint density at radius 2 is 2.47 bits per heavy atom. The van der Waals surface area contributed by atoms with E-state index in [1.165, 1.54) is 16.9 Å². The average molecular weight is 221 g/mol. The summed E-state index contributed by atoms with van der Waals surface area (Å²) in [6.45, 7) is 3.02. The molecule has 3 nitrogen and oxygen atoms in total. The Bertz CT molecular complexity index is 392. The Hall–Kier alpha value is -1.29. The Kier molecular flexibility index (Phi) is 3.40. The quantitative estimate of drug-likeness (QED) is 0.814. The summed E-state index contributed by atoms with van der Waals surface area (Å²) in [5, 5.41) is 4.33. The molecule has 2 aromatic rings. The lowest BCUT2D eigenvalue weighted by Crippen LogP contribution is -1.96. The van der Waals surface area contributed by atoms with Gasteiger partial charge in [0.05, 0.1) is 0 Å². The maximum Gasteiger partial charge on any atom is 0.183 e. The second-order valence-electron chi connectivity index (χ2n) is 3.45. The minimum atomic E-state index is 0.836. The smallest absolute Gasteiger partial charge is 0.183 e. The predicted molar refractivity (Wildman–Crippen MR) is 64.2 cm³/mol. The van der Waals surface area contributed by atoms with Gasteiger partial charge in [-0.2, -0.15) is 0 Å². The highest BCUT2D eigenvalue weighted by atomic mass is 32.1. The number of aryl methyl sites for hydroxylation is 1. The first-order valence-corrected chi connectivity index (χ1v) is 6.00. The van der Waals surface area contributed by atoms with Gasteiger partial charge in [-0.05, 0) is 18.1 Å². The molecule has 0 radical (unpaired) electrons. The third-order valence-corrected chi connectivity index (χ3v) is 3.17. The van der Waals surface area contributed by atoms with Crippen molar-refractivity contribution in [3.8, 4) is 0 Å². The number of hydrogen-bond acceptors (Lipinski definition) is 3. The molecule has 0 bridgehead atoms. The van der Waals surface area contributed by atoms with E-state index in [-0.39, 0.29) is 0 Å². The molecule has 0 aliphatic heterocycles. The van der Waals surface area contributed by atoms with Crippen molar-refractivity contribution in [1.29, 1.82) is 0 Å². The molecule has 0 amide bonds. The number of nitrogens with zero attached hydrogens (tertiary/aromatic N) is 1. The number of aromatic amines is 1. The standard InChI is InChI=1S/C11H15N3S/c1-2-3-10-8-14-11(15-10)13-7-9-4-5-12-6-9/h4-6,8,12H,2-3,7H2,1H3,(H,13,14). The zero-order valence-electron chi connectivity index (χ0n) is 8.79. The van der Waals surface area contributed by atoms with Crippen LogP contribution in [0, 0.1) is 0 Å². The summed E-state index contributed by atoms with van der Waals surface area (Å²) in [7, 11) is 0. The number of thiazole rings is 1. The van der Waals surface area contributed by atoms with Crippen molar-refractivity contribution in [1.82, 2.24) is 9.97 Å². The van der Waals surface area contributed by atoms with Crippen molar-refractivity contribution in [2.45, 2.75) is 26.3 Å². The molecular weight excluding hydrogens is 206 g/mol. The van der Waals surface area contributed by atoms with Crippen molar-refractivity contribution in [2.75, 3.05) is 5.32 Å². The molecular formula is C11H15N3S. The molecule has 0 atom stereocenters. The highest BCUT2D eigenvalue weighted by Crippen LogP contribution is 2.19. The van der Waals surface area contributed by atoms with E-state index in [0.29, 0.717) is 0 Å². The van der Waals surface area contributed by atoms with E-state index in [0.717, 1.165) is 18.1 Å². The molecule has 4 heteroatoms. The number of rotatable bonds is 5. The van der Waals surface area contributed by atoms with Crippen LogP contribution in [0.4, 0.5) is 5.13 Å².